The second-order valence-electron chi connectivity index (χ2n) is 8.13. The number of carboxylic acid groups (broad SMARTS) is 1. The molecule has 1 aromatic heterocycles. The molecule has 0 fully saturated rings. The molecule has 0 aliphatic rings. The van der Waals surface area contributed by atoms with Crippen LogP contribution >= 0.6 is 0 Å². The van der Waals surface area contributed by atoms with Crippen LogP contribution in [0.15, 0.2) is 48.5 Å². The maximum atomic E-state index is 13.5. The number of hydrogen-bond acceptors (Lipinski definition) is 4. The monoisotopic (exact) mass is 477 g/mol. The zero-order valence-electron chi connectivity index (χ0n) is 18.9. The first-order valence-electron chi connectivity index (χ1n) is 10.8. The Labute approximate surface area is 194 Å². The number of imidazole rings is 1. The molecule has 1 heterocycles. The summed E-state index contributed by atoms with van der Waals surface area (Å²) in [4.78, 5) is 28.9. The molecule has 10 heteroatoms. The van der Waals surface area contributed by atoms with Crippen molar-refractivity contribution in [1.29, 1.82) is 0 Å². The van der Waals surface area contributed by atoms with E-state index in [1.54, 1.807) is 42.5 Å². The molecular weight excluding hydrogens is 451 g/mol. The minimum absolute atomic E-state index is 0.00131. The fourth-order valence-electron chi connectivity index (χ4n) is 3.63. The minimum Gasteiger partial charge on any atom is -0.491 e. The van der Waals surface area contributed by atoms with Gasteiger partial charge in [0, 0.05) is 19.5 Å². The molecule has 1 amide bonds. The van der Waals surface area contributed by atoms with Crippen molar-refractivity contribution in [3.63, 3.8) is 0 Å². The summed E-state index contributed by atoms with van der Waals surface area (Å²) in [5, 5.41) is 9.22. The Kier molecular flexibility index (Phi) is 7.80. The molecule has 0 radical (unpaired) electrons. The van der Waals surface area contributed by atoms with Crippen molar-refractivity contribution in [3.05, 3.63) is 59.9 Å². The second-order valence-corrected chi connectivity index (χ2v) is 8.13. The summed E-state index contributed by atoms with van der Waals surface area (Å²) in [6, 6.07) is 13.2. The molecular formula is C24H26F3N3O4. The average molecular weight is 477 g/mol. The summed E-state index contributed by atoms with van der Waals surface area (Å²) in [5.74, 6) is -1.99. The number of ether oxygens (including phenoxy) is 1. The summed E-state index contributed by atoms with van der Waals surface area (Å²) in [5.41, 5.74) is 1.26. The van der Waals surface area contributed by atoms with Gasteiger partial charge in [-0.2, -0.15) is 13.2 Å². The number of para-hydroxylation sites is 2. The molecule has 0 unspecified atom stereocenters. The smallest absolute Gasteiger partial charge is 0.449 e. The van der Waals surface area contributed by atoms with Crippen molar-refractivity contribution in [2.24, 2.45) is 0 Å². The van der Waals surface area contributed by atoms with Crippen LogP contribution in [0.2, 0.25) is 0 Å². The third-order valence-electron chi connectivity index (χ3n) is 5.03. The molecule has 0 spiro atoms. The van der Waals surface area contributed by atoms with Crippen molar-refractivity contribution in [2.75, 3.05) is 6.54 Å². The molecule has 3 aromatic rings. The maximum absolute atomic E-state index is 13.5. The number of amides is 1. The van der Waals surface area contributed by atoms with Gasteiger partial charge in [-0.15, -0.1) is 0 Å². The highest BCUT2D eigenvalue weighted by molar-refractivity contribution is 5.81. The first-order valence-corrected chi connectivity index (χ1v) is 10.8. The van der Waals surface area contributed by atoms with Crippen molar-refractivity contribution in [1.82, 2.24) is 14.5 Å². The standard InChI is InChI=1S/C24H26F3N3O4/c1-16(2)34-18-11-9-17(10-12-18)14-29(15-22(32)33)21(31)8-5-13-30-20-7-4-3-6-19(20)28-23(30)24(25,26)27/h3-4,6-7,9-12,16H,5,8,13-15H2,1-2H3,(H,32,33). The van der Waals surface area contributed by atoms with Gasteiger partial charge in [-0.3, -0.25) is 9.59 Å². The number of aliphatic carboxylic acids is 1. The van der Waals surface area contributed by atoms with Crippen LogP contribution < -0.4 is 4.74 Å². The first-order chi connectivity index (χ1) is 16.0. The van der Waals surface area contributed by atoms with E-state index in [1.807, 2.05) is 13.8 Å². The number of alkyl halides is 3. The Bertz CT molecular complexity index is 1140. The third kappa shape index (κ3) is 6.49. The number of halogens is 3. The summed E-state index contributed by atoms with van der Waals surface area (Å²) >= 11 is 0. The predicted octanol–water partition coefficient (Wildman–Crippen LogP) is 4.74. The number of carbonyl (C=O) groups is 2. The van der Waals surface area contributed by atoms with Crippen LogP contribution in [0, 0.1) is 0 Å². The Morgan fingerprint density at radius 2 is 1.79 bits per heavy atom. The van der Waals surface area contributed by atoms with Crippen molar-refractivity contribution >= 4 is 22.9 Å². The molecule has 0 atom stereocenters. The van der Waals surface area contributed by atoms with Crippen LogP contribution in [0.5, 0.6) is 5.75 Å². The number of benzene rings is 2. The molecule has 0 aliphatic carbocycles. The lowest BCUT2D eigenvalue weighted by Crippen LogP contribution is -2.35. The first kappa shape index (κ1) is 25.1. The number of fused-ring (bicyclic) bond motifs is 1. The van der Waals surface area contributed by atoms with Crippen LogP contribution in [0.4, 0.5) is 13.2 Å². The second kappa shape index (κ2) is 10.6. The summed E-state index contributed by atoms with van der Waals surface area (Å²) in [7, 11) is 0. The van der Waals surface area contributed by atoms with Crippen LogP contribution in [-0.4, -0.2) is 44.1 Å². The lowest BCUT2D eigenvalue weighted by atomic mass is 10.2. The molecule has 2 aromatic carbocycles. The SMILES string of the molecule is CC(C)Oc1ccc(CN(CC(=O)O)C(=O)CCCn2c(C(F)(F)F)nc3ccccc32)cc1. The zero-order chi connectivity index (χ0) is 24.9. The van der Waals surface area contributed by atoms with Crippen LogP contribution in [0.3, 0.4) is 0 Å². The molecule has 3 rings (SSSR count). The van der Waals surface area contributed by atoms with E-state index in [9.17, 15) is 27.9 Å². The summed E-state index contributed by atoms with van der Waals surface area (Å²) < 4.78 is 47.0. The molecule has 0 bridgehead atoms. The largest absolute Gasteiger partial charge is 0.491 e. The van der Waals surface area contributed by atoms with E-state index >= 15 is 0 Å². The van der Waals surface area contributed by atoms with Gasteiger partial charge in [0.25, 0.3) is 0 Å². The van der Waals surface area contributed by atoms with Gasteiger partial charge in [0.2, 0.25) is 11.7 Å². The van der Waals surface area contributed by atoms with Crippen molar-refractivity contribution in [2.45, 2.75) is 52.1 Å². The number of hydrogen-bond donors (Lipinski definition) is 1. The number of carboxylic acids is 1. The third-order valence-corrected chi connectivity index (χ3v) is 5.03. The van der Waals surface area contributed by atoms with Gasteiger partial charge in [0.05, 0.1) is 17.1 Å². The average Bonchev–Trinajstić information content (AvgIpc) is 3.13. The molecule has 1 N–H and O–H groups in total. The molecule has 0 saturated heterocycles. The van der Waals surface area contributed by atoms with Crippen LogP contribution in [0.1, 0.15) is 38.1 Å². The van der Waals surface area contributed by atoms with Gasteiger partial charge in [-0.1, -0.05) is 24.3 Å². The van der Waals surface area contributed by atoms with Gasteiger partial charge in [0.1, 0.15) is 12.3 Å². The number of rotatable bonds is 10. The van der Waals surface area contributed by atoms with E-state index in [4.69, 9.17) is 4.74 Å². The fourth-order valence-corrected chi connectivity index (χ4v) is 3.63. The Balaban J connectivity index is 1.68. The Morgan fingerprint density at radius 3 is 2.41 bits per heavy atom. The van der Waals surface area contributed by atoms with E-state index in [2.05, 4.69) is 4.98 Å². The molecule has 182 valence electrons. The van der Waals surface area contributed by atoms with E-state index in [0.29, 0.717) is 16.8 Å². The van der Waals surface area contributed by atoms with Gasteiger partial charge in [-0.25, -0.2) is 4.98 Å². The van der Waals surface area contributed by atoms with Gasteiger partial charge in [0.15, 0.2) is 0 Å². The zero-order valence-corrected chi connectivity index (χ0v) is 18.9. The fraction of sp³-hybridized carbons (Fsp3) is 0.375. The number of aryl methyl sites for hydroxylation is 1. The van der Waals surface area contributed by atoms with Gasteiger partial charge < -0.3 is 19.3 Å². The number of aromatic nitrogens is 2. The predicted molar refractivity (Wildman–Crippen MR) is 119 cm³/mol. The van der Waals surface area contributed by atoms with E-state index < -0.39 is 30.4 Å². The topological polar surface area (TPSA) is 84.7 Å². The van der Waals surface area contributed by atoms with E-state index in [0.717, 1.165) is 4.57 Å². The van der Waals surface area contributed by atoms with Crippen LogP contribution in [0.25, 0.3) is 11.0 Å². The quantitative estimate of drug-likeness (QED) is 0.456. The minimum atomic E-state index is -4.64. The van der Waals surface area contributed by atoms with Crippen molar-refractivity contribution < 1.29 is 32.6 Å². The highest BCUT2D eigenvalue weighted by Gasteiger charge is 2.37. The summed E-state index contributed by atoms with van der Waals surface area (Å²) in [6.45, 7) is 3.26. The lowest BCUT2D eigenvalue weighted by Gasteiger charge is -2.21. The molecule has 34 heavy (non-hydrogen) atoms. The number of nitrogens with zero attached hydrogens (tertiary/aromatic N) is 3. The molecule has 0 saturated carbocycles. The normalized spacial score (nSPS) is 11.7. The number of carbonyl (C=O) groups excluding carboxylic acids is 1. The highest BCUT2D eigenvalue weighted by atomic mass is 19.4. The van der Waals surface area contributed by atoms with Gasteiger partial charge >= 0.3 is 12.1 Å². The van der Waals surface area contributed by atoms with Gasteiger partial charge in [-0.05, 0) is 50.1 Å². The molecule has 7 nitrogen and oxygen atoms in total. The Morgan fingerprint density at radius 1 is 1.12 bits per heavy atom. The summed E-state index contributed by atoms with van der Waals surface area (Å²) in [6.07, 6.45) is -4.64. The van der Waals surface area contributed by atoms with E-state index in [1.165, 1.54) is 11.0 Å². The maximum Gasteiger partial charge on any atom is 0.449 e. The lowest BCUT2D eigenvalue weighted by molar-refractivity contribution is -0.147. The highest BCUT2D eigenvalue weighted by Crippen LogP contribution is 2.31. The van der Waals surface area contributed by atoms with Crippen molar-refractivity contribution in [3.8, 4) is 5.75 Å². The molecule has 0 aliphatic heterocycles. The Hall–Kier alpha value is -3.56. The van der Waals surface area contributed by atoms with E-state index in [-0.39, 0.29) is 37.6 Å². The van der Waals surface area contributed by atoms with Crippen LogP contribution in [-0.2, 0) is 28.9 Å².